The zero-order chi connectivity index (χ0) is 11.2. The van der Waals surface area contributed by atoms with Gasteiger partial charge in [-0.1, -0.05) is 13.8 Å². The molecule has 0 amide bonds. The second-order valence-electron chi connectivity index (χ2n) is 5.61. The molecule has 0 unspecified atom stereocenters. The number of carboxylic acids is 1. The molecule has 2 rings (SSSR count). The summed E-state index contributed by atoms with van der Waals surface area (Å²) in [6, 6.07) is 0. The minimum absolute atomic E-state index is 0.127. The Balaban J connectivity index is 1.80. The van der Waals surface area contributed by atoms with Crippen LogP contribution in [-0.4, -0.2) is 16.9 Å². The summed E-state index contributed by atoms with van der Waals surface area (Å²) in [5, 5.41) is 8.78. The molecule has 2 aliphatic rings. The van der Waals surface area contributed by atoms with E-state index in [9.17, 15) is 9.59 Å². The highest BCUT2D eigenvalue weighted by atomic mass is 16.4. The second-order valence-corrected chi connectivity index (χ2v) is 5.61. The Labute approximate surface area is 89.9 Å². The van der Waals surface area contributed by atoms with Crippen molar-refractivity contribution in [1.29, 1.82) is 0 Å². The lowest BCUT2D eigenvalue weighted by Gasteiger charge is -2.56. The van der Waals surface area contributed by atoms with Crippen LogP contribution in [0.2, 0.25) is 0 Å². The lowest BCUT2D eigenvalue weighted by molar-refractivity contribution is -0.161. The lowest BCUT2D eigenvalue weighted by Crippen LogP contribution is -2.52. The highest BCUT2D eigenvalue weighted by molar-refractivity contribution is 5.84. The van der Waals surface area contributed by atoms with Crippen molar-refractivity contribution in [2.45, 2.75) is 39.5 Å². The Kier molecular flexibility index (Phi) is 2.36. The third-order valence-corrected chi connectivity index (χ3v) is 4.04. The fraction of sp³-hybridized carbons (Fsp3) is 0.833. The molecule has 2 aliphatic carbocycles. The summed E-state index contributed by atoms with van der Waals surface area (Å²) >= 11 is 0. The van der Waals surface area contributed by atoms with E-state index in [4.69, 9.17) is 5.11 Å². The molecule has 0 saturated heterocycles. The molecule has 0 aliphatic heterocycles. The molecular weight excluding hydrogens is 192 g/mol. The standard InChI is InChI=1S/C12H18O3/c1-7(2)10(13)8-3-12(4-8)5-9(6-12)11(14)15/h7-9H,3-6H2,1-2H3,(H,14,15). The summed E-state index contributed by atoms with van der Waals surface area (Å²) in [4.78, 5) is 22.3. The van der Waals surface area contributed by atoms with Crippen LogP contribution in [0.5, 0.6) is 0 Å². The molecule has 0 aromatic rings. The molecular formula is C12H18O3. The smallest absolute Gasteiger partial charge is 0.306 e. The van der Waals surface area contributed by atoms with Crippen molar-refractivity contribution in [1.82, 2.24) is 0 Å². The largest absolute Gasteiger partial charge is 0.481 e. The molecule has 2 fully saturated rings. The molecule has 1 spiro atoms. The van der Waals surface area contributed by atoms with Crippen LogP contribution in [0.4, 0.5) is 0 Å². The van der Waals surface area contributed by atoms with E-state index in [1.165, 1.54) is 0 Å². The zero-order valence-corrected chi connectivity index (χ0v) is 9.32. The Morgan fingerprint density at radius 1 is 1.13 bits per heavy atom. The van der Waals surface area contributed by atoms with Crippen molar-refractivity contribution >= 4 is 11.8 Å². The predicted octanol–water partition coefficient (Wildman–Crippen LogP) is 2.10. The number of rotatable bonds is 3. The second kappa shape index (κ2) is 3.32. The van der Waals surface area contributed by atoms with Gasteiger partial charge in [-0.15, -0.1) is 0 Å². The summed E-state index contributed by atoms with van der Waals surface area (Å²) in [6.45, 7) is 3.88. The van der Waals surface area contributed by atoms with E-state index in [1.54, 1.807) is 0 Å². The monoisotopic (exact) mass is 210 g/mol. The predicted molar refractivity (Wildman–Crippen MR) is 55.4 cm³/mol. The molecule has 3 nitrogen and oxygen atoms in total. The average molecular weight is 210 g/mol. The van der Waals surface area contributed by atoms with Gasteiger partial charge < -0.3 is 5.11 Å². The van der Waals surface area contributed by atoms with Gasteiger partial charge in [-0.3, -0.25) is 9.59 Å². The van der Waals surface area contributed by atoms with Gasteiger partial charge in [0.1, 0.15) is 5.78 Å². The third-order valence-electron chi connectivity index (χ3n) is 4.04. The van der Waals surface area contributed by atoms with E-state index < -0.39 is 5.97 Å². The van der Waals surface area contributed by atoms with E-state index in [0.717, 1.165) is 25.7 Å². The van der Waals surface area contributed by atoms with Gasteiger partial charge in [0.25, 0.3) is 0 Å². The van der Waals surface area contributed by atoms with Gasteiger partial charge in [0.2, 0.25) is 0 Å². The SMILES string of the molecule is CC(C)C(=O)C1CC2(CC(C(=O)O)C2)C1. The van der Waals surface area contributed by atoms with Crippen LogP contribution >= 0.6 is 0 Å². The molecule has 3 heteroatoms. The summed E-state index contributed by atoms with van der Waals surface area (Å²) < 4.78 is 0. The van der Waals surface area contributed by atoms with Crippen molar-refractivity contribution in [3.8, 4) is 0 Å². The van der Waals surface area contributed by atoms with Crippen molar-refractivity contribution < 1.29 is 14.7 Å². The van der Waals surface area contributed by atoms with Crippen molar-refractivity contribution in [2.24, 2.45) is 23.2 Å². The summed E-state index contributed by atoms with van der Waals surface area (Å²) in [5.74, 6) is -0.0961. The third kappa shape index (κ3) is 1.68. The number of carbonyl (C=O) groups excluding carboxylic acids is 1. The van der Waals surface area contributed by atoms with Gasteiger partial charge >= 0.3 is 5.97 Å². The fourth-order valence-corrected chi connectivity index (χ4v) is 3.15. The molecule has 84 valence electrons. The molecule has 0 atom stereocenters. The van der Waals surface area contributed by atoms with Crippen LogP contribution in [0.15, 0.2) is 0 Å². The highest BCUT2D eigenvalue weighted by Crippen LogP contribution is 2.61. The number of carboxylic acid groups (broad SMARTS) is 1. The van der Waals surface area contributed by atoms with Gasteiger partial charge in [-0.2, -0.15) is 0 Å². The maximum atomic E-state index is 11.7. The Morgan fingerprint density at radius 3 is 2.00 bits per heavy atom. The van der Waals surface area contributed by atoms with E-state index in [2.05, 4.69) is 0 Å². The number of hydrogen-bond donors (Lipinski definition) is 1. The summed E-state index contributed by atoms with van der Waals surface area (Å²) in [7, 11) is 0. The Morgan fingerprint density at radius 2 is 1.60 bits per heavy atom. The first kappa shape index (κ1) is 10.7. The van der Waals surface area contributed by atoms with E-state index in [0.29, 0.717) is 5.78 Å². The number of ketones is 1. The van der Waals surface area contributed by atoms with Crippen LogP contribution in [0.25, 0.3) is 0 Å². The molecule has 15 heavy (non-hydrogen) atoms. The number of aliphatic carboxylic acids is 1. The normalized spacial score (nSPS) is 38.6. The fourth-order valence-electron chi connectivity index (χ4n) is 3.15. The van der Waals surface area contributed by atoms with Crippen molar-refractivity contribution in [2.75, 3.05) is 0 Å². The van der Waals surface area contributed by atoms with Crippen LogP contribution in [0.1, 0.15) is 39.5 Å². The molecule has 0 aromatic heterocycles. The van der Waals surface area contributed by atoms with Gasteiger partial charge in [0.15, 0.2) is 0 Å². The molecule has 2 saturated carbocycles. The van der Waals surface area contributed by atoms with E-state index in [-0.39, 0.29) is 23.2 Å². The quantitative estimate of drug-likeness (QED) is 0.776. The first-order valence-corrected chi connectivity index (χ1v) is 5.70. The van der Waals surface area contributed by atoms with Crippen molar-refractivity contribution in [3.63, 3.8) is 0 Å². The number of Topliss-reactive ketones (excluding diaryl/α,β-unsaturated/α-hetero) is 1. The molecule has 0 aromatic carbocycles. The first-order chi connectivity index (χ1) is 6.93. The van der Waals surface area contributed by atoms with E-state index >= 15 is 0 Å². The lowest BCUT2D eigenvalue weighted by atomic mass is 9.47. The van der Waals surface area contributed by atoms with Crippen LogP contribution in [0.3, 0.4) is 0 Å². The minimum atomic E-state index is -0.667. The summed E-state index contributed by atoms with van der Waals surface area (Å²) in [6.07, 6.45) is 3.47. The van der Waals surface area contributed by atoms with Crippen molar-refractivity contribution in [3.05, 3.63) is 0 Å². The maximum absolute atomic E-state index is 11.7. The molecule has 0 heterocycles. The van der Waals surface area contributed by atoms with Gasteiger partial charge in [-0.05, 0) is 31.1 Å². The van der Waals surface area contributed by atoms with Gasteiger partial charge in [-0.25, -0.2) is 0 Å². The Hall–Kier alpha value is -0.860. The van der Waals surface area contributed by atoms with Gasteiger partial charge in [0, 0.05) is 11.8 Å². The minimum Gasteiger partial charge on any atom is -0.481 e. The van der Waals surface area contributed by atoms with E-state index in [1.807, 2.05) is 13.8 Å². The molecule has 1 N–H and O–H groups in total. The number of carbonyl (C=O) groups is 2. The molecule has 0 bridgehead atoms. The zero-order valence-electron chi connectivity index (χ0n) is 9.32. The Bertz CT molecular complexity index is 292. The highest BCUT2D eigenvalue weighted by Gasteiger charge is 2.56. The average Bonchev–Trinajstić information content (AvgIpc) is 1.97. The summed E-state index contributed by atoms with van der Waals surface area (Å²) in [5.41, 5.74) is 0.234. The first-order valence-electron chi connectivity index (χ1n) is 5.70. The van der Waals surface area contributed by atoms with Crippen LogP contribution in [0, 0.1) is 23.2 Å². The number of hydrogen-bond acceptors (Lipinski definition) is 2. The maximum Gasteiger partial charge on any atom is 0.306 e. The van der Waals surface area contributed by atoms with Crippen LogP contribution in [-0.2, 0) is 9.59 Å². The molecule has 0 radical (unpaired) electrons. The van der Waals surface area contributed by atoms with Crippen LogP contribution < -0.4 is 0 Å². The topological polar surface area (TPSA) is 54.4 Å². The van der Waals surface area contributed by atoms with Gasteiger partial charge in [0.05, 0.1) is 5.92 Å².